The van der Waals surface area contributed by atoms with Crippen molar-refractivity contribution in [2.24, 2.45) is 0 Å². The Bertz CT molecular complexity index is 826. The van der Waals surface area contributed by atoms with E-state index in [9.17, 15) is 13.2 Å². The number of rotatable bonds is 7. The first kappa shape index (κ1) is 33.2. The van der Waals surface area contributed by atoms with E-state index in [0.29, 0.717) is 5.03 Å². The topological polar surface area (TPSA) is 42.8 Å². The van der Waals surface area contributed by atoms with Crippen molar-refractivity contribution in [2.45, 2.75) is 39.2 Å². The van der Waals surface area contributed by atoms with E-state index in [2.05, 4.69) is 32.8 Å². The van der Waals surface area contributed by atoms with Gasteiger partial charge in [-0.25, -0.2) is 0 Å². The third kappa shape index (κ3) is 12.7. The number of aromatic nitrogens is 2. The highest BCUT2D eigenvalue weighted by molar-refractivity contribution is 6.32. The van der Waals surface area contributed by atoms with Crippen LogP contribution in [0.3, 0.4) is 0 Å². The molecule has 0 bridgehead atoms. The maximum absolute atomic E-state index is 13.0. The normalized spacial score (nSPS) is 15.8. The molecule has 0 amide bonds. The molecular weight excluding hydrogens is 504 g/mol. The second-order valence-corrected chi connectivity index (χ2v) is 8.34. The van der Waals surface area contributed by atoms with Crippen LogP contribution in [0.5, 0.6) is 0 Å². The van der Waals surface area contributed by atoms with Gasteiger partial charge in [-0.3, -0.25) is 9.58 Å². The van der Waals surface area contributed by atoms with E-state index in [1.54, 1.807) is 33.5 Å². The van der Waals surface area contributed by atoms with Crippen molar-refractivity contribution < 1.29 is 22.6 Å². The fraction of sp³-hybridized carbons (Fsp3) is 0.542. The van der Waals surface area contributed by atoms with Crippen LogP contribution in [0.2, 0.25) is 5.02 Å². The molecule has 0 radical (unpaired) electrons. The molecular formula is C24H37Cl2F3N4O2. The van der Waals surface area contributed by atoms with Crippen LogP contribution in [-0.4, -0.2) is 73.3 Å². The number of hydrogen-bond donors (Lipinski definition) is 0. The summed E-state index contributed by atoms with van der Waals surface area (Å²) in [6, 6.07) is 0. The SMILES string of the molecule is C=C(Cl)/C=C\C.C=C/C=C/N1CCCN(C(Cn2nc(C(F)(F)F)c(Cl)c2C)OC)CC1.COC. The van der Waals surface area contributed by atoms with E-state index < -0.39 is 11.9 Å². The third-order valence-corrected chi connectivity index (χ3v) is 5.33. The Morgan fingerprint density at radius 2 is 1.83 bits per heavy atom. The number of ether oxygens (including phenoxy) is 2. The van der Waals surface area contributed by atoms with Gasteiger partial charge in [-0.1, -0.05) is 48.5 Å². The lowest BCUT2D eigenvalue weighted by Crippen LogP contribution is -2.42. The molecule has 35 heavy (non-hydrogen) atoms. The van der Waals surface area contributed by atoms with Gasteiger partial charge in [-0.15, -0.1) is 0 Å². The zero-order chi connectivity index (χ0) is 27.0. The van der Waals surface area contributed by atoms with E-state index >= 15 is 0 Å². The van der Waals surface area contributed by atoms with E-state index in [0.717, 1.165) is 32.6 Å². The number of hydrogen-bond acceptors (Lipinski definition) is 5. The van der Waals surface area contributed by atoms with E-state index in [4.69, 9.17) is 27.9 Å². The molecule has 1 aromatic heterocycles. The van der Waals surface area contributed by atoms with Crippen molar-refractivity contribution in [3.63, 3.8) is 0 Å². The van der Waals surface area contributed by atoms with Gasteiger partial charge < -0.3 is 14.4 Å². The Hall–Kier alpha value is -1.78. The maximum Gasteiger partial charge on any atom is 0.436 e. The first-order valence-electron chi connectivity index (χ1n) is 10.9. The zero-order valence-corrected chi connectivity index (χ0v) is 22.6. The van der Waals surface area contributed by atoms with Crippen molar-refractivity contribution in [2.75, 3.05) is 47.5 Å². The monoisotopic (exact) mass is 540 g/mol. The summed E-state index contributed by atoms with van der Waals surface area (Å²) in [5.74, 6) is 0. The molecule has 0 saturated carbocycles. The number of alkyl halides is 3. The summed E-state index contributed by atoms with van der Waals surface area (Å²) >= 11 is 11.1. The summed E-state index contributed by atoms with van der Waals surface area (Å²) in [5.41, 5.74) is -0.769. The average molecular weight is 541 g/mol. The van der Waals surface area contributed by atoms with Crippen LogP contribution in [0.1, 0.15) is 24.7 Å². The number of allylic oxidation sites excluding steroid dienone is 5. The molecule has 1 unspecified atom stereocenters. The number of methoxy groups -OCH3 is 2. The van der Waals surface area contributed by atoms with Gasteiger partial charge in [0.05, 0.1) is 17.3 Å². The smallest absolute Gasteiger partial charge is 0.388 e. The quantitative estimate of drug-likeness (QED) is 0.389. The van der Waals surface area contributed by atoms with Gasteiger partial charge in [0.1, 0.15) is 6.23 Å². The van der Waals surface area contributed by atoms with Gasteiger partial charge in [-0.2, -0.15) is 18.3 Å². The molecule has 2 rings (SSSR count). The van der Waals surface area contributed by atoms with Crippen molar-refractivity contribution in [1.29, 1.82) is 0 Å². The molecule has 1 saturated heterocycles. The fourth-order valence-corrected chi connectivity index (χ4v) is 3.50. The van der Waals surface area contributed by atoms with E-state index in [1.807, 2.05) is 25.3 Å². The Kier molecular flexibility index (Phi) is 16.7. The summed E-state index contributed by atoms with van der Waals surface area (Å²) in [7, 11) is 4.80. The number of halogens is 5. The van der Waals surface area contributed by atoms with E-state index in [-0.39, 0.29) is 23.5 Å². The summed E-state index contributed by atoms with van der Waals surface area (Å²) < 4.78 is 50.1. The van der Waals surface area contributed by atoms with Crippen LogP contribution in [0.15, 0.2) is 48.7 Å². The minimum atomic E-state index is -4.57. The molecule has 11 heteroatoms. The summed E-state index contributed by atoms with van der Waals surface area (Å²) in [6.45, 7) is 13.9. The largest absolute Gasteiger partial charge is 0.436 e. The molecule has 2 heterocycles. The minimum absolute atomic E-state index is 0.181. The zero-order valence-electron chi connectivity index (χ0n) is 21.1. The van der Waals surface area contributed by atoms with Crippen LogP contribution >= 0.6 is 23.2 Å². The van der Waals surface area contributed by atoms with Crippen LogP contribution in [0, 0.1) is 6.92 Å². The first-order valence-corrected chi connectivity index (χ1v) is 11.7. The molecule has 1 aromatic rings. The molecule has 1 atom stereocenters. The summed E-state index contributed by atoms with van der Waals surface area (Å²) in [5, 5.41) is 3.89. The van der Waals surface area contributed by atoms with Crippen LogP contribution in [0.25, 0.3) is 0 Å². The highest BCUT2D eigenvalue weighted by Gasteiger charge is 2.38. The molecule has 1 aliphatic heterocycles. The first-order chi connectivity index (χ1) is 16.5. The summed E-state index contributed by atoms with van der Waals surface area (Å²) in [6.07, 6.45) is 5.15. The lowest BCUT2D eigenvalue weighted by atomic mass is 10.3. The summed E-state index contributed by atoms with van der Waals surface area (Å²) in [4.78, 5) is 4.30. The second kappa shape index (κ2) is 17.6. The molecule has 6 nitrogen and oxygen atoms in total. The van der Waals surface area contributed by atoms with Crippen molar-refractivity contribution in [3.05, 3.63) is 65.1 Å². The molecule has 0 spiro atoms. The van der Waals surface area contributed by atoms with Gasteiger partial charge >= 0.3 is 6.18 Å². The predicted molar refractivity (Wildman–Crippen MR) is 138 cm³/mol. The highest BCUT2D eigenvalue weighted by Crippen LogP contribution is 2.35. The van der Waals surface area contributed by atoms with Gasteiger partial charge in [0, 0.05) is 52.5 Å². The van der Waals surface area contributed by atoms with Crippen LogP contribution in [0.4, 0.5) is 13.2 Å². The molecule has 200 valence electrons. The lowest BCUT2D eigenvalue weighted by Gasteiger charge is -2.29. The maximum atomic E-state index is 13.0. The lowest BCUT2D eigenvalue weighted by molar-refractivity contribution is -0.141. The highest BCUT2D eigenvalue weighted by atomic mass is 35.5. The van der Waals surface area contributed by atoms with Crippen LogP contribution < -0.4 is 0 Å². The second-order valence-electron chi connectivity index (χ2n) is 7.48. The van der Waals surface area contributed by atoms with Gasteiger partial charge in [-0.05, 0) is 38.6 Å². The molecule has 1 fully saturated rings. The molecule has 1 aliphatic rings. The van der Waals surface area contributed by atoms with Gasteiger partial charge in [0.15, 0.2) is 5.69 Å². The predicted octanol–water partition coefficient (Wildman–Crippen LogP) is 6.12. The van der Waals surface area contributed by atoms with Crippen molar-refractivity contribution in [3.8, 4) is 0 Å². The molecule has 0 N–H and O–H groups in total. The van der Waals surface area contributed by atoms with Crippen molar-refractivity contribution >= 4 is 23.2 Å². The standard InChI is InChI=1S/C17H24ClF3N4O.C5H7Cl.C2H6O/c1-4-5-7-23-8-6-9-24(11-10-23)14(26-3)12-25-13(2)15(18)16(22-25)17(19,20)21;1-3-4-5(2)6;1-3-2/h4-5,7,14H,1,6,8-12H2,2-3H3;3-4H,2H2,1H3;1-2H3/b7-5+;4-3-;. The Morgan fingerprint density at radius 3 is 2.26 bits per heavy atom. The molecule has 0 aromatic carbocycles. The van der Waals surface area contributed by atoms with E-state index in [1.165, 1.54) is 11.6 Å². The third-order valence-electron chi connectivity index (χ3n) is 4.76. The van der Waals surface area contributed by atoms with Crippen molar-refractivity contribution in [1.82, 2.24) is 19.6 Å². The Balaban J connectivity index is 0.00000110. The Labute approximate surface area is 217 Å². The average Bonchev–Trinajstić information content (AvgIpc) is 2.94. The van der Waals surface area contributed by atoms with Gasteiger partial charge in [0.2, 0.25) is 0 Å². The Morgan fingerprint density at radius 1 is 1.20 bits per heavy atom. The van der Waals surface area contributed by atoms with Gasteiger partial charge in [0.25, 0.3) is 0 Å². The fourth-order valence-electron chi connectivity index (χ4n) is 3.13. The van der Waals surface area contributed by atoms with Crippen LogP contribution in [-0.2, 0) is 22.2 Å². The molecule has 0 aliphatic carbocycles. The number of nitrogens with zero attached hydrogens (tertiary/aromatic N) is 4. The minimum Gasteiger partial charge on any atom is -0.388 e.